The van der Waals surface area contributed by atoms with Crippen LogP contribution in [-0.2, 0) is 19.4 Å². The Morgan fingerprint density at radius 1 is 0.909 bits per heavy atom. The molecule has 0 aromatic heterocycles. The van der Waals surface area contributed by atoms with Crippen LogP contribution in [0, 0.1) is 12.8 Å². The van der Waals surface area contributed by atoms with Crippen LogP contribution in [0.1, 0.15) is 35.1 Å². The van der Waals surface area contributed by atoms with Crippen molar-refractivity contribution >= 4 is 0 Å². The van der Waals surface area contributed by atoms with Gasteiger partial charge < -0.3 is 0 Å². The molecule has 1 saturated heterocycles. The van der Waals surface area contributed by atoms with Gasteiger partial charge in [0, 0.05) is 19.1 Å². The number of piperidine rings is 1. The lowest BCUT2D eigenvalue weighted by atomic mass is 9.80. The molecule has 0 radical (unpaired) electrons. The van der Waals surface area contributed by atoms with E-state index in [2.05, 4.69) is 60.4 Å². The van der Waals surface area contributed by atoms with Gasteiger partial charge in [-0.15, -0.1) is 0 Å². The topological polar surface area (TPSA) is 3.24 Å². The summed E-state index contributed by atoms with van der Waals surface area (Å²) in [4.78, 5) is 2.74. The molecule has 1 aliphatic carbocycles. The van der Waals surface area contributed by atoms with E-state index in [0.717, 1.165) is 18.5 Å². The second kappa shape index (κ2) is 5.89. The van der Waals surface area contributed by atoms with Gasteiger partial charge in [-0.25, -0.2) is 0 Å². The predicted molar refractivity (Wildman–Crippen MR) is 92.0 cm³/mol. The zero-order chi connectivity index (χ0) is 14.9. The normalized spacial score (nSPS) is 24.6. The molecule has 5 rings (SSSR count). The molecule has 2 bridgehead atoms. The molecule has 0 spiro atoms. The van der Waals surface area contributed by atoms with Gasteiger partial charge in [0.1, 0.15) is 0 Å². The van der Waals surface area contributed by atoms with Gasteiger partial charge in [0.15, 0.2) is 0 Å². The van der Waals surface area contributed by atoms with Gasteiger partial charge in [0.25, 0.3) is 0 Å². The van der Waals surface area contributed by atoms with E-state index in [9.17, 15) is 0 Å². The summed E-state index contributed by atoms with van der Waals surface area (Å²) in [5.41, 5.74) is 6.01. The zero-order valence-corrected chi connectivity index (χ0v) is 13.5. The van der Waals surface area contributed by atoms with Crippen molar-refractivity contribution in [1.29, 1.82) is 0 Å². The molecule has 1 nitrogen and oxygen atoms in total. The number of hydrogen-bond donors (Lipinski definition) is 0. The van der Waals surface area contributed by atoms with E-state index in [1.54, 1.807) is 11.1 Å². The smallest absolute Gasteiger partial charge is 0.0236 e. The SMILES string of the molecule is Cc1ccc(CN2C[C@@H]3CC[C@@H]2Cc2ccccc2C3)cc1. The summed E-state index contributed by atoms with van der Waals surface area (Å²) in [6, 6.07) is 18.9. The molecule has 0 N–H and O–H groups in total. The number of fused-ring (bicyclic) bond motifs is 2. The first-order valence-corrected chi connectivity index (χ1v) is 8.64. The van der Waals surface area contributed by atoms with Gasteiger partial charge in [-0.3, -0.25) is 4.90 Å². The first kappa shape index (κ1) is 14.0. The van der Waals surface area contributed by atoms with Crippen molar-refractivity contribution in [3.8, 4) is 0 Å². The largest absolute Gasteiger partial charge is 0.296 e. The van der Waals surface area contributed by atoms with Crippen LogP contribution in [0.5, 0.6) is 0 Å². The molecule has 114 valence electrons. The standard InChI is InChI=1S/C21H25N/c1-16-6-8-17(9-7-16)14-22-15-18-10-11-21(22)13-20-5-3-2-4-19(20)12-18/h2-9,18,21H,10-15H2,1H3/t18-,21-/m1/s1. The monoisotopic (exact) mass is 291 g/mol. The average Bonchev–Trinajstić information content (AvgIpc) is 2.50. The fourth-order valence-corrected chi connectivity index (χ4v) is 4.22. The highest BCUT2D eigenvalue weighted by molar-refractivity contribution is 5.30. The van der Waals surface area contributed by atoms with E-state index in [1.807, 2.05) is 0 Å². The minimum atomic E-state index is 0.721. The summed E-state index contributed by atoms with van der Waals surface area (Å²) in [5.74, 6) is 0.836. The van der Waals surface area contributed by atoms with Gasteiger partial charge >= 0.3 is 0 Å². The Labute approximate surface area is 134 Å². The molecule has 2 atom stereocenters. The minimum Gasteiger partial charge on any atom is -0.296 e. The fourth-order valence-electron chi connectivity index (χ4n) is 4.22. The number of aryl methyl sites for hydroxylation is 1. The molecule has 2 aromatic carbocycles. The summed E-state index contributed by atoms with van der Waals surface area (Å²) in [7, 11) is 0. The van der Waals surface area contributed by atoms with Crippen LogP contribution in [-0.4, -0.2) is 17.5 Å². The fraction of sp³-hybridized carbons (Fsp3) is 0.429. The second-order valence-corrected chi connectivity index (χ2v) is 7.19. The Balaban J connectivity index is 1.57. The lowest BCUT2D eigenvalue weighted by molar-refractivity contribution is 0.0938. The van der Waals surface area contributed by atoms with Gasteiger partial charge in [-0.2, -0.15) is 0 Å². The molecule has 2 aliphatic heterocycles. The van der Waals surface area contributed by atoms with Crippen molar-refractivity contribution in [3.05, 3.63) is 70.8 Å². The highest BCUT2D eigenvalue weighted by Crippen LogP contribution is 2.33. The number of benzene rings is 2. The molecule has 2 aromatic rings. The number of rotatable bonds is 2. The second-order valence-electron chi connectivity index (χ2n) is 7.19. The van der Waals surface area contributed by atoms with Crippen molar-refractivity contribution < 1.29 is 0 Å². The van der Waals surface area contributed by atoms with Gasteiger partial charge in [-0.1, -0.05) is 54.1 Å². The predicted octanol–water partition coefficient (Wildman–Crippen LogP) is 4.37. The highest BCUT2D eigenvalue weighted by atomic mass is 15.2. The third-order valence-electron chi connectivity index (χ3n) is 5.51. The van der Waals surface area contributed by atoms with Gasteiger partial charge in [0.05, 0.1) is 0 Å². The molecule has 1 fully saturated rings. The zero-order valence-electron chi connectivity index (χ0n) is 13.5. The summed E-state index contributed by atoms with van der Waals surface area (Å²) >= 11 is 0. The minimum absolute atomic E-state index is 0.721. The molecule has 0 saturated carbocycles. The van der Waals surface area contributed by atoms with E-state index < -0.39 is 0 Å². The average molecular weight is 291 g/mol. The third kappa shape index (κ3) is 2.83. The Morgan fingerprint density at radius 2 is 1.64 bits per heavy atom. The molecule has 0 unspecified atom stereocenters. The van der Waals surface area contributed by atoms with Crippen molar-refractivity contribution in [2.45, 2.75) is 45.2 Å². The van der Waals surface area contributed by atoms with E-state index in [1.165, 1.54) is 43.4 Å². The Bertz CT molecular complexity index is 643. The summed E-state index contributed by atoms with van der Waals surface area (Å²) in [5, 5.41) is 0. The van der Waals surface area contributed by atoms with Gasteiger partial charge in [0.2, 0.25) is 0 Å². The summed E-state index contributed by atoms with van der Waals surface area (Å²) in [6.45, 7) is 4.55. The maximum absolute atomic E-state index is 2.74. The van der Waals surface area contributed by atoms with E-state index in [-0.39, 0.29) is 0 Å². The molecule has 1 heteroatoms. The molecule has 3 aliphatic rings. The number of nitrogens with zero attached hydrogens (tertiary/aromatic N) is 1. The molecule has 0 amide bonds. The van der Waals surface area contributed by atoms with Crippen LogP contribution >= 0.6 is 0 Å². The first-order valence-electron chi connectivity index (χ1n) is 8.64. The quantitative estimate of drug-likeness (QED) is 0.794. The lowest BCUT2D eigenvalue weighted by Crippen LogP contribution is -2.46. The molecular weight excluding hydrogens is 266 g/mol. The van der Waals surface area contributed by atoms with Crippen molar-refractivity contribution in [3.63, 3.8) is 0 Å². The van der Waals surface area contributed by atoms with Crippen LogP contribution in [0.15, 0.2) is 48.5 Å². The Kier molecular flexibility index (Phi) is 3.75. The maximum atomic E-state index is 2.74. The molecule has 2 heterocycles. The van der Waals surface area contributed by atoms with E-state index in [0.29, 0.717) is 0 Å². The van der Waals surface area contributed by atoms with Crippen molar-refractivity contribution in [2.24, 2.45) is 5.92 Å². The van der Waals surface area contributed by atoms with Crippen molar-refractivity contribution in [2.75, 3.05) is 6.54 Å². The Hall–Kier alpha value is -1.60. The molecule has 22 heavy (non-hydrogen) atoms. The van der Waals surface area contributed by atoms with Crippen LogP contribution in [0.25, 0.3) is 0 Å². The maximum Gasteiger partial charge on any atom is 0.0236 e. The third-order valence-corrected chi connectivity index (χ3v) is 5.51. The summed E-state index contributed by atoms with van der Waals surface area (Å²) < 4.78 is 0. The van der Waals surface area contributed by atoms with Crippen LogP contribution in [0.3, 0.4) is 0 Å². The van der Waals surface area contributed by atoms with Crippen molar-refractivity contribution in [1.82, 2.24) is 4.90 Å². The van der Waals surface area contributed by atoms with Crippen LogP contribution in [0.4, 0.5) is 0 Å². The van der Waals surface area contributed by atoms with Crippen LogP contribution < -0.4 is 0 Å². The van der Waals surface area contributed by atoms with E-state index in [4.69, 9.17) is 0 Å². The Morgan fingerprint density at radius 3 is 2.41 bits per heavy atom. The van der Waals surface area contributed by atoms with Gasteiger partial charge in [-0.05, 0) is 55.2 Å². The van der Waals surface area contributed by atoms with Crippen LogP contribution in [0.2, 0.25) is 0 Å². The summed E-state index contributed by atoms with van der Waals surface area (Å²) in [6.07, 6.45) is 5.27. The first-order chi connectivity index (χ1) is 10.8. The number of hydrogen-bond acceptors (Lipinski definition) is 1. The lowest BCUT2D eigenvalue weighted by Gasteiger charge is -2.42. The molecular formula is C21H25N. The van der Waals surface area contributed by atoms with E-state index >= 15 is 0 Å². The highest BCUT2D eigenvalue weighted by Gasteiger charge is 2.31.